The topological polar surface area (TPSA) is 49.5 Å². The summed E-state index contributed by atoms with van der Waals surface area (Å²) >= 11 is -4.08. The number of epoxide rings is 1. The van der Waals surface area contributed by atoms with Crippen molar-refractivity contribution in [2.24, 2.45) is 0 Å². The molecule has 0 bridgehead atoms. The molecular weight excluding hydrogens is 236 g/mol. The average molecular weight is 257 g/mol. The predicted octanol–water partition coefficient (Wildman–Crippen LogP) is 1.52. The van der Waals surface area contributed by atoms with Crippen molar-refractivity contribution in [3.8, 4) is 0 Å². The molecule has 1 aliphatic rings. The Bertz CT molecular complexity index is 192. The van der Waals surface area contributed by atoms with Crippen LogP contribution in [0.5, 0.6) is 0 Å². The van der Waals surface area contributed by atoms with Crippen molar-refractivity contribution >= 4 is 0 Å². The summed E-state index contributed by atoms with van der Waals surface area (Å²) in [7, 11) is 4.77. The fourth-order valence-electron chi connectivity index (χ4n) is 1.63. The second kappa shape index (κ2) is 5.23. The first-order chi connectivity index (χ1) is 7.13. The van der Waals surface area contributed by atoms with Crippen LogP contribution in [0.3, 0.4) is 0 Å². The summed E-state index contributed by atoms with van der Waals surface area (Å²) in [6.45, 7) is 3.30. The molecule has 0 spiro atoms. The molecule has 1 unspecified atom stereocenters. The van der Waals surface area contributed by atoms with Gasteiger partial charge in [0.05, 0.1) is 0 Å². The Hall–Kier alpha value is 0.514. The van der Waals surface area contributed by atoms with Gasteiger partial charge in [-0.1, -0.05) is 0 Å². The van der Waals surface area contributed by atoms with Crippen molar-refractivity contribution in [3.63, 3.8) is 0 Å². The second-order valence-electron chi connectivity index (χ2n) is 3.71. The fourth-order valence-corrected chi connectivity index (χ4v) is 6.21. The molecule has 6 heteroatoms. The average Bonchev–Trinajstić information content (AvgIpc) is 3.09. The zero-order valence-corrected chi connectivity index (χ0v) is 11.5. The van der Waals surface area contributed by atoms with Gasteiger partial charge in [0.2, 0.25) is 0 Å². The molecule has 1 fully saturated rings. The number of hydrogen-bond acceptors (Lipinski definition) is 5. The summed E-state index contributed by atoms with van der Waals surface area (Å²) in [5.74, 6) is 0. The monoisotopic (exact) mass is 257 g/mol. The molecule has 5 nitrogen and oxygen atoms in total. The molecule has 1 aliphatic heterocycles. The van der Waals surface area contributed by atoms with Crippen LogP contribution in [0.25, 0.3) is 0 Å². The van der Waals surface area contributed by atoms with Gasteiger partial charge in [-0.25, -0.2) is 0 Å². The Kier molecular flexibility index (Phi) is 4.73. The third kappa shape index (κ3) is 3.00. The van der Waals surface area contributed by atoms with Crippen LogP contribution in [-0.2, 0) is 34.9 Å². The van der Waals surface area contributed by atoms with Crippen LogP contribution in [0.15, 0.2) is 0 Å². The normalized spacial score (nSPS) is 23.5. The molecule has 15 heavy (non-hydrogen) atoms. The van der Waals surface area contributed by atoms with Gasteiger partial charge < -0.3 is 0 Å². The van der Waals surface area contributed by atoms with E-state index in [0.29, 0.717) is 11.3 Å². The van der Waals surface area contributed by atoms with Gasteiger partial charge in [0.15, 0.2) is 0 Å². The van der Waals surface area contributed by atoms with E-state index in [9.17, 15) is 0 Å². The van der Waals surface area contributed by atoms with E-state index in [-0.39, 0.29) is 6.10 Å². The first-order valence-corrected chi connectivity index (χ1v) is 8.89. The maximum absolute atomic E-state index is 5.83. The quantitative estimate of drug-likeness (QED) is 0.487. The number of ether oxygens (including phenoxy) is 1. The summed E-state index contributed by atoms with van der Waals surface area (Å²) < 4.78 is 28.2. The summed E-state index contributed by atoms with van der Waals surface area (Å²) in [5, 5.41) is 0. The van der Waals surface area contributed by atoms with Gasteiger partial charge in [-0.2, -0.15) is 0 Å². The first kappa shape index (κ1) is 13.6. The van der Waals surface area contributed by atoms with E-state index in [4.69, 9.17) is 18.0 Å². The Labute approximate surface area is 93.8 Å². The number of rotatable bonds is 8. The molecule has 91 valence electrons. The molecule has 1 atom stereocenters. The zero-order valence-electron chi connectivity index (χ0n) is 9.95. The molecule has 0 amide bonds. The molecule has 0 aromatic heterocycles. The van der Waals surface area contributed by atoms with E-state index >= 15 is 0 Å². The van der Waals surface area contributed by atoms with Crippen molar-refractivity contribution in [2.75, 3.05) is 34.5 Å². The molecule has 1 heterocycles. The van der Waals surface area contributed by atoms with Gasteiger partial charge in [0.25, 0.3) is 0 Å². The van der Waals surface area contributed by atoms with Crippen LogP contribution in [0, 0.1) is 0 Å². The van der Waals surface area contributed by atoms with Crippen LogP contribution < -0.4 is 0 Å². The molecule has 0 radical (unpaired) electrons. The Morgan fingerprint density at radius 2 is 1.73 bits per heavy atom. The van der Waals surface area contributed by atoms with Gasteiger partial charge in [-0.3, -0.25) is 0 Å². The molecule has 0 aliphatic carbocycles. The second-order valence-corrected chi connectivity index (χ2v) is 10.2. The van der Waals surface area contributed by atoms with Gasteiger partial charge in [-0.15, -0.1) is 0 Å². The van der Waals surface area contributed by atoms with E-state index in [2.05, 4.69) is 6.92 Å². The molecule has 1 rings (SSSR count). The summed E-state index contributed by atoms with van der Waals surface area (Å²) in [4.78, 5) is 0. The van der Waals surface area contributed by atoms with Gasteiger partial charge in [0, 0.05) is 0 Å². The van der Waals surface area contributed by atoms with E-state index in [1.54, 1.807) is 21.3 Å². The standard InChI is InChI=1S/C3H5O2.C3H7.3CH3O.Ti/c4-1-3-2-5-3;1-3-2;3*1-2;/h3H,1-2H2;1,3H2,2H3;3*1H3;/q-1;;3*-1;+4. The Balaban J connectivity index is 2.68. The summed E-state index contributed by atoms with van der Waals surface area (Å²) in [6.07, 6.45) is 1.09. The van der Waals surface area contributed by atoms with Crippen molar-refractivity contribution in [3.05, 3.63) is 0 Å². The summed E-state index contributed by atoms with van der Waals surface area (Å²) in [6, 6.07) is 0. The van der Waals surface area contributed by atoms with Crippen LogP contribution in [-0.4, -0.2) is 40.6 Å². The molecule has 0 aromatic rings. The van der Waals surface area contributed by atoms with E-state index in [1.165, 1.54) is 0 Å². The third-order valence-electron chi connectivity index (χ3n) is 2.79. The Morgan fingerprint density at radius 3 is 2.07 bits per heavy atom. The van der Waals surface area contributed by atoms with Crippen molar-refractivity contribution in [2.45, 2.75) is 24.2 Å². The number of hydrogen-bond donors (Lipinski definition) is 0. The summed E-state index contributed by atoms with van der Waals surface area (Å²) in [5.41, 5.74) is 0. The van der Waals surface area contributed by atoms with Crippen LogP contribution in [0.2, 0.25) is 4.73 Å². The van der Waals surface area contributed by atoms with Crippen LogP contribution in [0.4, 0.5) is 0 Å². The van der Waals surface area contributed by atoms with E-state index in [0.717, 1.165) is 13.0 Å². The molecule has 0 N–H and O–H groups in total. The van der Waals surface area contributed by atoms with Gasteiger partial charge >= 0.3 is 93.6 Å². The minimum atomic E-state index is -4.08. The van der Waals surface area contributed by atoms with Crippen molar-refractivity contribution < 1.29 is 34.9 Å². The molecule has 0 aromatic carbocycles. The fraction of sp³-hybridized carbons (Fsp3) is 1.00. The van der Waals surface area contributed by atoms with E-state index in [1.807, 2.05) is 0 Å². The SMILES string of the molecule is CC[CH2][Ti]([O]C)([O]C)([O]C)[O]CC1CO1. The van der Waals surface area contributed by atoms with Gasteiger partial charge in [-0.05, 0) is 0 Å². The molecular formula is C9H21O5Ti. The molecule has 1 saturated heterocycles. The van der Waals surface area contributed by atoms with Crippen molar-refractivity contribution in [1.29, 1.82) is 0 Å². The van der Waals surface area contributed by atoms with Crippen LogP contribution in [0.1, 0.15) is 13.3 Å². The first-order valence-electron chi connectivity index (χ1n) is 5.23. The van der Waals surface area contributed by atoms with E-state index < -0.39 is 16.9 Å². The van der Waals surface area contributed by atoms with Crippen LogP contribution >= 0.6 is 0 Å². The molecule has 0 saturated carbocycles. The predicted molar refractivity (Wildman–Crippen MR) is 51.8 cm³/mol. The maximum atomic E-state index is 5.83. The Morgan fingerprint density at radius 1 is 1.20 bits per heavy atom. The minimum absolute atomic E-state index is 0.185. The third-order valence-corrected chi connectivity index (χ3v) is 9.67. The van der Waals surface area contributed by atoms with Crippen molar-refractivity contribution in [1.82, 2.24) is 0 Å². The zero-order chi connectivity index (χ0) is 11.4. The van der Waals surface area contributed by atoms with Gasteiger partial charge in [0.1, 0.15) is 0 Å².